The number of alkyl carbamates (subject to hydrolysis) is 1. The van der Waals surface area contributed by atoms with Crippen molar-refractivity contribution >= 4 is 12.0 Å². The molecule has 0 spiro atoms. The minimum Gasteiger partial charge on any atom is -0.444 e. The average Bonchev–Trinajstić information content (AvgIpc) is 2.10. The largest absolute Gasteiger partial charge is 0.444 e. The van der Waals surface area contributed by atoms with E-state index in [4.69, 9.17) is 4.74 Å². The first-order chi connectivity index (χ1) is 8.48. The Morgan fingerprint density at radius 2 is 1.89 bits per heavy atom. The normalized spacial score (nSPS) is 28.0. The molecule has 0 unspecified atom stereocenters. The van der Waals surface area contributed by atoms with Crippen molar-refractivity contribution in [3.63, 3.8) is 0 Å². The van der Waals surface area contributed by atoms with Gasteiger partial charge in [-0.15, -0.1) is 0 Å². The first kappa shape index (κ1) is 15.7. The van der Waals surface area contributed by atoms with Gasteiger partial charge in [-0.3, -0.25) is 4.79 Å². The van der Waals surface area contributed by atoms with E-state index in [1.807, 2.05) is 0 Å². The van der Waals surface area contributed by atoms with Crippen LogP contribution in [-0.4, -0.2) is 35.4 Å². The molecule has 1 saturated carbocycles. The van der Waals surface area contributed by atoms with Gasteiger partial charge in [0, 0.05) is 18.9 Å². The molecule has 1 aliphatic carbocycles. The lowest BCUT2D eigenvalue weighted by atomic mass is 9.79. The zero-order chi connectivity index (χ0) is 14.8. The van der Waals surface area contributed by atoms with Crippen LogP contribution in [0, 0.1) is 0 Å². The molecule has 2 amide bonds. The molecule has 0 aromatic rings. The summed E-state index contributed by atoms with van der Waals surface area (Å²) < 4.78 is 18.3. The fourth-order valence-corrected chi connectivity index (χ4v) is 1.95. The van der Waals surface area contributed by atoms with Crippen molar-refractivity contribution in [2.75, 3.05) is 0 Å². The summed E-state index contributed by atoms with van der Waals surface area (Å²) in [5, 5.41) is 5.13. The van der Waals surface area contributed by atoms with Crippen LogP contribution in [-0.2, 0) is 9.53 Å². The van der Waals surface area contributed by atoms with Gasteiger partial charge in [-0.25, -0.2) is 9.18 Å². The Bertz CT molecular complexity index is 355. The number of hydrogen-bond acceptors (Lipinski definition) is 3. The van der Waals surface area contributed by atoms with Crippen LogP contribution in [0.4, 0.5) is 9.18 Å². The fourth-order valence-electron chi connectivity index (χ4n) is 1.95. The van der Waals surface area contributed by atoms with Gasteiger partial charge in [0.2, 0.25) is 5.91 Å². The summed E-state index contributed by atoms with van der Waals surface area (Å²) >= 11 is 0. The summed E-state index contributed by atoms with van der Waals surface area (Å²) in [7, 11) is 0. The third-order valence-corrected chi connectivity index (χ3v) is 2.82. The number of ether oxygens (including phenoxy) is 1. The molecule has 19 heavy (non-hydrogen) atoms. The van der Waals surface area contributed by atoms with Gasteiger partial charge in [0.05, 0.1) is 0 Å². The standard InChI is InChI=1S/C13H23FN2O3/c1-8(15-11(18)19-12(2,3)4)10(17)16-9-6-13(5,14)7-9/h8-9H,6-7H2,1-5H3,(H,15,18)(H,16,17)/t8-,9?,13?/m1/s1. The maximum absolute atomic E-state index is 13.3. The van der Waals surface area contributed by atoms with E-state index in [0.717, 1.165) is 0 Å². The summed E-state index contributed by atoms with van der Waals surface area (Å²) in [6.45, 7) is 8.31. The maximum Gasteiger partial charge on any atom is 0.408 e. The lowest BCUT2D eigenvalue weighted by Gasteiger charge is -2.39. The molecular formula is C13H23FN2O3. The van der Waals surface area contributed by atoms with Gasteiger partial charge in [0.25, 0.3) is 0 Å². The molecule has 6 heteroatoms. The minimum atomic E-state index is -1.18. The van der Waals surface area contributed by atoms with E-state index in [0.29, 0.717) is 12.8 Å². The van der Waals surface area contributed by atoms with Crippen molar-refractivity contribution in [2.45, 2.75) is 70.8 Å². The molecule has 0 heterocycles. The molecule has 5 nitrogen and oxygen atoms in total. The second-order valence-electron chi connectivity index (χ2n) is 6.40. The van der Waals surface area contributed by atoms with Crippen LogP contribution < -0.4 is 10.6 Å². The molecule has 0 aromatic heterocycles. The molecule has 110 valence electrons. The van der Waals surface area contributed by atoms with E-state index in [9.17, 15) is 14.0 Å². The number of hydrogen-bond donors (Lipinski definition) is 2. The van der Waals surface area contributed by atoms with E-state index in [1.165, 1.54) is 6.92 Å². The molecule has 1 atom stereocenters. The maximum atomic E-state index is 13.3. The summed E-state index contributed by atoms with van der Waals surface area (Å²) in [4.78, 5) is 23.2. The zero-order valence-corrected chi connectivity index (χ0v) is 12.2. The molecule has 0 aromatic carbocycles. The van der Waals surface area contributed by atoms with Gasteiger partial charge in [-0.05, 0) is 34.6 Å². The average molecular weight is 274 g/mol. The van der Waals surface area contributed by atoms with E-state index in [1.54, 1.807) is 27.7 Å². The number of halogens is 1. The molecule has 1 rings (SSSR count). The smallest absolute Gasteiger partial charge is 0.408 e. The third kappa shape index (κ3) is 5.44. The second-order valence-corrected chi connectivity index (χ2v) is 6.40. The molecular weight excluding hydrogens is 251 g/mol. The Morgan fingerprint density at radius 1 is 1.37 bits per heavy atom. The highest BCUT2D eigenvalue weighted by atomic mass is 19.1. The molecule has 2 N–H and O–H groups in total. The SMILES string of the molecule is C[C@@H](NC(=O)OC(C)(C)C)C(=O)NC1CC(C)(F)C1. The van der Waals surface area contributed by atoms with E-state index >= 15 is 0 Å². The summed E-state index contributed by atoms with van der Waals surface area (Å²) in [5.41, 5.74) is -1.79. The molecule has 1 fully saturated rings. The Kier molecular flexibility index (Phi) is 4.43. The predicted molar refractivity (Wildman–Crippen MR) is 69.5 cm³/mol. The van der Waals surface area contributed by atoms with Gasteiger partial charge >= 0.3 is 6.09 Å². The summed E-state index contributed by atoms with van der Waals surface area (Å²) in [6, 6.07) is -0.855. The van der Waals surface area contributed by atoms with Crippen LogP contribution in [0.2, 0.25) is 0 Å². The Morgan fingerprint density at radius 3 is 2.32 bits per heavy atom. The quantitative estimate of drug-likeness (QED) is 0.826. The van der Waals surface area contributed by atoms with Gasteiger partial charge < -0.3 is 15.4 Å². The highest BCUT2D eigenvalue weighted by Crippen LogP contribution is 2.35. The van der Waals surface area contributed by atoms with Gasteiger partial charge in [0.15, 0.2) is 0 Å². The topological polar surface area (TPSA) is 67.4 Å². The van der Waals surface area contributed by atoms with Crippen LogP contribution in [0.1, 0.15) is 47.5 Å². The van der Waals surface area contributed by atoms with Crippen LogP contribution in [0.25, 0.3) is 0 Å². The van der Waals surface area contributed by atoms with Crippen LogP contribution in [0.3, 0.4) is 0 Å². The Labute approximate surface area is 113 Å². The fraction of sp³-hybridized carbons (Fsp3) is 0.846. The number of alkyl halides is 1. The zero-order valence-electron chi connectivity index (χ0n) is 12.2. The van der Waals surface area contributed by atoms with E-state index in [2.05, 4.69) is 10.6 Å². The van der Waals surface area contributed by atoms with Crippen molar-refractivity contribution in [1.82, 2.24) is 10.6 Å². The van der Waals surface area contributed by atoms with Gasteiger partial charge in [0.1, 0.15) is 17.3 Å². The van der Waals surface area contributed by atoms with Gasteiger partial charge in [-0.2, -0.15) is 0 Å². The number of rotatable bonds is 3. The van der Waals surface area contributed by atoms with Gasteiger partial charge in [-0.1, -0.05) is 0 Å². The first-order valence-corrected chi connectivity index (χ1v) is 6.47. The molecule has 1 aliphatic rings. The first-order valence-electron chi connectivity index (χ1n) is 6.47. The van der Waals surface area contributed by atoms with Crippen molar-refractivity contribution in [1.29, 1.82) is 0 Å². The highest BCUT2D eigenvalue weighted by molar-refractivity contribution is 5.85. The molecule has 0 saturated heterocycles. The van der Waals surface area contributed by atoms with Crippen molar-refractivity contribution in [3.8, 4) is 0 Å². The Hall–Kier alpha value is -1.33. The Balaban J connectivity index is 2.31. The molecule has 0 bridgehead atoms. The minimum absolute atomic E-state index is 0.148. The number of carbonyl (C=O) groups excluding carboxylic acids is 2. The number of nitrogens with one attached hydrogen (secondary N) is 2. The second kappa shape index (κ2) is 5.35. The van der Waals surface area contributed by atoms with Crippen molar-refractivity contribution in [3.05, 3.63) is 0 Å². The monoisotopic (exact) mass is 274 g/mol. The van der Waals surface area contributed by atoms with E-state index in [-0.39, 0.29) is 11.9 Å². The molecule has 0 aliphatic heterocycles. The number of amides is 2. The third-order valence-electron chi connectivity index (χ3n) is 2.82. The lowest BCUT2D eigenvalue weighted by molar-refractivity contribution is -0.125. The molecule has 0 radical (unpaired) electrons. The van der Waals surface area contributed by atoms with Crippen LogP contribution in [0.5, 0.6) is 0 Å². The van der Waals surface area contributed by atoms with Crippen molar-refractivity contribution < 1.29 is 18.7 Å². The van der Waals surface area contributed by atoms with E-state index < -0.39 is 23.4 Å². The highest BCUT2D eigenvalue weighted by Gasteiger charge is 2.41. The van der Waals surface area contributed by atoms with Crippen LogP contribution in [0.15, 0.2) is 0 Å². The predicted octanol–water partition coefficient (Wildman–Crippen LogP) is 1.91. The van der Waals surface area contributed by atoms with Crippen molar-refractivity contribution in [2.24, 2.45) is 0 Å². The summed E-state index contributed by atoms with van der Waals surface area (Å²) in [5.74, 6) is -0.327. The van der Waals surface area contributed by atoms with Crippen LogP contribution >= 0.6 is 0 Å². The number of carbonyl (C=O) groups is 2. The summed E-state index contributed by atoms with van der Waals surface area (Å²) in [6.07, 6.45) is -0.00501. The lowest BCUT2D eigenvalue weighted by Crippen LogP contribution is -2.55.